The molecule has 146 valence electrons. The van der Waals surface area contributed by atoms with Crippen molar-refractivity contribution in [2.45, 2.75) is 13.8 Å². The molecule has 2 aromatic carbocycles. The number of hydrogen-bond acceptors (Lipinski definition) is 7. The molecule has 0 bridgehead atoms. The van der Waals surface area contributed by atoms with Crippen molar-refractivity contribution >= 4 is 11.6 Å². The second-order valence-electron chi connectivity index (χ2n) is 6.24. The molecule has 8 heteroatoms. The number of benzene rings is 2. The first-order valence-electron chi connectivity index (χ1n) is 9.20. The van der Waals surface area contributed by atoms with E-state index in [4.69, 9.17) is 9.47 Å². The number of aryl methyl sites for hydroxylation is 1. The zero-order valence-electron chi connectivity index (χ0n) is 16.1. The zero-order valence-corrected chi connectivity index (χ0v) is 16.1. The summed E-state index contributed by atoms with van der Waals surface area (Å²) in [6.07, 6.45) is 1.59. The molecule has 0 atom stereocenters. The minimum absolute atomic E-state index is 0.281. The third-order valence-electron chi connectivity index (χ3n) is 3.97. The first kappa shape index (κ1) is 18.4. The molecule has 0 spiro atoms. The standard InChI is InChI=1S/C21H20N6O2/c1-3-28-21-22-11-10-18(24-21)29-17-9-5-7-15(13-17)19-25-20(27-26-19)23-16-8-4-6-14(2)12-16/h4-13H,3H2,1-2H3,(H2,23,25,26,27). The summed E-state index contributed by atoms with van der Waals surface area (Å²) < 4.78 is 11.1. The number of rotatable bonds is 7. The molecule has 0 saturated carbocycles. The van der Waals surface area contributed by atoms with E-state index in [1.165, 1.54) is 0 Å². The summed E-state index contributed by atoms with van der Waals surface area (Å²) in [6.45, 7) is 4.40. The summed E-state index contributed by atoms with van der Waals surface area (Å²) in [6, 6.07) is 17.5. The maximum Gasteiger partial charge on any atom is 0.319 e. The Balaban J connectivity index is 1.50. The van der Waals surface area contributed by atoms with E-state index in [1.54, 1.807) is 12.3 Å². The van der Waals surface area contributed by atoms with Crippen molar-refractivity contribution in [1.82, 2.24) is 25.1 Å². The topological polar surface area (TPSA) is 97.8 Å². The number of nitrogens with one attached hydrogen (secondary N) is 2. The number of hydrogen-bond donors (Lipinski definition) is 2. The molecule has 0 amide bonds. The van der Waals surface area contributed by atoms with Gasteiger partial charge in [-0.25, -0.2) is 4.98 Å². The van der Waals surface area contributed by atoms with E-state index in [2.05, 4.69) is 30.5 Å². The second-order valence-corrected chi connectivity index (χ2v) is 6.24. The van der Waals surface area contributed by atoms with E-state index in [1.807, 2.05) is 62.4 Å². The van der Waals surface area contributed by atoms with Gasteiger partial charge in [0.05, 0.1) is 6.61 Å². The molecule has 8 nitrogen and oxygen atoms in total. The average molecular weight is 388 g/mol. The Hall–Kier alpha value is -3.94. The maximum atomic E-state index is 5.83. The quantitative estimate of drug-likeness (QED) is 0.481. The molecule has 0 unspecified atom stereocenters. The van der Waals surface area contributed by atoms with Gasteiger partial charge >= 0.3 is 6.01 Å². The van der Waals surface area contributed by atoms with Crippen LogP contribution in [0.4, 0.5) is 11.6 Å². The van der Waals surface area contributed by atoms with Crippen LogP contribution in [0.2, 0.25) is 0 Å². The molecule has 0 aliphatic carbocycles. The van der Waals surface area contributed by atoms with Crippen LogP contribution >= 0.6 is 0 Å². The number of nitrogens with zero attached hydrogens (tertiary/aromatic N) is 4. The molecule has 4 aromatic rings. The van der Waals surface area contributed by atoms with Gasteiger partial charge < -0.3 is 14.8 Å². The second kappa shape index (κ2) is 8.39. The lowest BCUT2D eigenvalue weighted by molar-refractivity contribution is 0.306. The zero-order chi connectivity index (χ0) is 20.1. The fourth-order valence-electron chi connectivity index (χ4n) is 2.71. The lowest BCUT2D eigenvalue weighted by Crippen LogP contribution is -1.98. The summed E-state index contributed by atoms with van der Waals surface area (Å²) in [5, 5.41) is 10.4. The summed E-state index contributed by atoms with van der Waals surface area (Å²) >= 11 is 0. The van der Waals surface area contributed by atoms with Crippen LogP contribution in [0, 0.1) is 6.92 Å². The Bertz CT molecular complexity index is 1110. The van der Waals surface area contributed by atoms with Crippen LogP contribution in [-0.2, 0) is 0 Å². The van der Waals surface area contributed by atoms with Gasteiger partial charge in [-0.2, -0.15) is 9.97 Å². The molecule has 2 heterocycles. The van der Waals surface area contributed by atoms with Crippen LogP contribution in [-0.4, -0.2) is 31.8 Å². The molecule has 0 fully saturated rings. The van der Waals surface area contributed by atoms with E-state index in [0.29, 0.717) is 30.0 Å². The highest BCUT2D eigenvalue weighted by Crippen LogP contribution is 2.26. The summed E-state index contributed by atoms with van der Waals surface area (Å²) in [5.41, 5.74) is 2.93. The Morgan fingerprint density at radius 3 is 2.79 bits per heavy atom. The van der Waals surface area contributed by atoms with Crippen molar-refractivity contribution in [2.75, 3.05) is 11.9 Å². The Morgan fingerprint density at radius 2 is 1.93 bits per heavy atom. The van der Waals surface area contributed by atoms with E-state index >= 15 is 0 Å². The molecule has 2 aromatic heterocycles. The molecular formula is C21H20N6O2. The summed E-state index contributed by atoms with van der Waals surface area (Å²) in [4.78, 5) is 12.8. The summed E-state index contributed by atoms with van der Waals surface area (Å²) in [5.74, 6) is 2.14. The van der Waals surface area contributed by atoms with Gasteiger partial charge in [-0.3, -0.25) is 5.10 Å². The smallest absolute Gasteiger partial charge is 0.319 e. The first-order valence-corrected chi connectivity index (χ1v) is 9.20. The highest BCUT2D eigenvalue weighted by Gasteiger charge is 2.09. The molecule has 29 heavy (non-hydrogen) atoms. The molecule has 2 N–H and O–H groups in total. The number of aromatic nitrogens is 5. The van der Waals surface area contributed by atoms with Crippen LogP contribution in [0.5, 0.6) is 17.6 Å². The third kappa shape index (κ3) is 4.67. The van der Waals surface area contributed by atoms with Gasteiger partial charge in [0.1, 0.15) is 5.75 Å². The minimum atomic E-state index is 0.281. The largest absolute Gasteiger partial charge is 0.464 e. The highest BCUT2D eigenvalue weighted by atomic mass is 16.5. The van der Waals surface area contributed by atoms with Gasteiger partial charge in [-0.05, 0) is 43.7 Å². The lowest BCUT2D eigenvalue weighted by Gasteiger charge is -2.07. The van der Waals surface area contributed by atoms with Gasteiger partial charge in [0.25, 0.3) is 0 Å². The fourth-order valence-corrected chi connectivity index (χ4v) is 2.71. The molecule has 0 radical (unpaired) electrons. The number of ether oxygens (including phenoxy) is 2. The van der Waals surface area contributed by atoms with Crippen LogP contribution in [0.3, 0.4) is 0 Å². The van der Waals surface area contributed by atoms with Gasteiger partial charge in [0.2, 0.25) is 11.8 Å². The molecule has 4 rings (SSSR count). The van der Waals surface area contributed by atoms with Gasteiger partial charge in [-0.1, -0.05) is 24.3 Å². The fraction of sp³-hybridized carbons (Fsp3) is 0.143. The average Bonchev–Trinajstić information content (AvgIpc) is 3.17. The van der Waals surface area contributed by atoms with E-state index in [0.717, 1.165) is 16.8 Å². The van der Waals surface area contributed by atoms with Crippen molar-refractivity contribution in [3.05, 3.63) is 66.4 Å². The van der Waals surface area contributed by atoms with E-state index in [9.17, 15) is 0 Å². The Labute approximate surface area is 168 Å². The van der Waals surface area contributed by atoms with Crippen LogP contribution in [0.25, 0.3) is 11.4 Å². The third-order valence-corrected chi connectivity index (χ3v) is 3.97. The molecule has 0 saturated heterocycles. The number of anilines is 2. The predicted octanol–water partition coefficient (Wildman–Crippen LogP) is 4.50. The van der Waals surface area contributed by atoms with E-state index < -0.39 is 0 Å². The first-order chi connectivity index (χ1) is 14.2. The number of H-pyrrole nitrogens is 1. The Morgan fingerprint density at radius 1 is 1.03 bits per heavy atom. The van der Waals surface area contributed by atoms with Crippen molar-refractivity contribution in [3.63, 3.8) is 0 Å². The monoisotopic (exact) mass is 388 g/mol. The van der Waals surface area contributed by atoms with E-state index in [-0.39, 0.29) is 6.01 Å². The van der Waals surface area contributed by atoms with Crippen LogP contribution in [0.1, 0.15) is 12.5 Å². The van der Waals surface area contributed by atoms with Crippen molar-refractivity contribution in [1.29, 1.82) is 0 Å². The van der Waals surface area contributed by atoms with Gasteiger partial charge in [-0.15, -0.1) is 5.10 Å². The highest BCUT2D eigenvalue weighted by molar-refractivity contribution is 5.61. The normalized spacial score (nSPS) is 10.6. The lowest BCUT2D eigenvalue weighted by atomic mass is 10.2. The van der Waals surface area contributed by atoms with Crippen molar-refractivity contribution < 1.29 is 9.47 Å². The maximum absolute atomic E-state index is 5.83. The van der Waals surface area contributed by atoms with Gasteiger partial charge in [0.15, 0.2) is 5.82 Å². The van der Waals surface area contributed by atoms with Crippen molar-refractivity contribution in [3.8, 4) is 29.0 Å². The predicted molar refractivity (Wildman–Crippen MR) is 110 cm³/mol. The minimum Gasteiger partial charge on any atom is -0.464 e. The molecular weight excluding hydrogens is 368 g/mol. The van der Waals surface area contributed by atoms with Crippen LogP contribution < -0.4 is 14.8 Å². The van der Waals surface area contributed by atoms with Crippen molar-refractivity contribution in [2.24, 2.45) is 0 Å². The number of aromatic amines is 1. The Kier molecular flexibility index (Phi) is 5.33. The van der Waals surface area contributed by atoms with Gasteiger partial charge in [0, 0.05) is 23.5 Å². The summed E-state index contributed by atoms with van der Waals surface area (Å²) in [7, 11) is 0. The van der Waals surface area contributed by atoms with Crippen LogP contribution in [0.15, 0.2) is 60.8 Å². The SMILES string of the molecule is CCOc1nccc(Oc2cccc(-c3nc(Nc4cccc(C)c4)n[nH]3)c2)n1. The molecule has 0 aliphatic heterocycles. The molecule has 0 aliphatic rings.